The molecule has 4 rings (SSSR count). The molecule has 0 aliphatic rings. The fourth-order valence-corrected chi connectivity index (χ4v) is 2.94. The van der Waals surface area contributed by atoms with Crippen LogP contribution in [-0.2, 0) is 0 Å². The smallest absolute Gasteiger partial charge is 0.163 e. The molecule has 27 heavy (non-hydrogen) atoms. The predicted octanol–water partition coefficient (Wildman–Crippen LogP) is 5.26. The van der Waals surface area contributed by atoms with Gasteiger partial charge < -0.3 is 10.6 Å². The molecule has 0 amide bonds. The lowest BCUT2D eigenvalue weighted by atomic mass is 10.2. The molecule has 0 bridgehead atoms. The zero-order valence-electron chi connectivity index (χ0n) is 15.3. The van der Waals surface area contributed by atoms with Gasteiger partial charge in [-0.25, -0.2) is 9.97 Å². The van der Waals surface area contributed by atoms with Gasteiger partial charge in [-0.3, -0.25) is 4.98 Å². The predicted molar refractivity (Wildman–Crippen MR) is 111 cm³/mol. The third-order valence-corrected chi connectivity index (χ3v) is 4.09. The van der Waals surface area contributed by atoms with Crippen LogP contribution in [0.25, 0.3) is 22.3 Å². The monoisotopic (exact) mass is 355 g/mol. The molecule has 0 atom stereocenters. The zero-order chi connectivity index (χ0) is 18.6. The number of hydrogen-bond acceptors (Lipinski definition) is 5. The van der Waals surface area contributed by atoms with E-state index in [1.54, 1.807) is 6.20 Å². The lowest BCUT2D eigenvalue weighted by Crippen LogP contribution is -2.12. The number of aromatic nitrogens is 3. The zero-order valence-corrected chi connectivity index (χ0v) is 15.3. The normalized spacial score (nSPS) is 10.9. The van der Waals surface area contributed by atoms with Crippen molar-refractivity contribution in [3.8, 4) is 11.4 Å². The van der Waals surface area contributed by atoms with Gasteiger partial charge in [0.05, 0.1) is 11.2 Å². The number of nitrogens with zero attached hydrogens (tertiary/aromatic N) is 3. The topological polar surface area (TPSA) is 62.7 Å². The van der Waals surface area contributed by atoms with Gasteiger partial charge in [0.15, 0.2) is 5.82 Å². The summed E-state index contributed by atoms with van der Waals surface area (Å²) in [6.07, 6.45) is 1.80. The lowest BCUT2D eigenvalue weighted by Gasteiger charge is -2.14. The van der Waals surface area contributed by atoms with Crippen molar-refractivity contribution >= 4 is 28.2 Å². The maximum absolute atomic E-state index is 4.72. The minimum Gasteiger partial charge on any atom is -0.368 e. The molecule has 2 heterocycles. The molecule has 0 saturated carbocycles. The quantitative estimate of drug-likeness (QED) is 0.511. The molecule has 4 aromatic rings. The highest BCUT2D eigenvalue weighted by molar-refractivity contribution is 5.91. The van der Waals surface area contributed by atoms with Gasteiger partial charge in [-0.2, -0.15) is 0 Å². The van der Waals surface area contributed by atoms with E-state index in [0.29, 0.717) is 5.82 Å². The molecule has 5 nitrogen and oxygen atoms in total. The molecule has 2 aromatic heterocycles. The number of rotatable bonds is 5. The second kappa shape index (κ2) is 7.41. The Morgan fingerprint density at radius 2 is 1.59 bits per heavy atom. The van der Waals surface area contributed by atoms with Crippen LogP contribution in [-0.4, -0.2) is 21.0 Å². The summed E-state index contributed by atoms with van der Waals surface area (Å²) in [5, 5.41) is 7.87. The van der Waals surface area contributed by atoms with Crippen LogP contribution >= 0.6 is 0 Å². The van der Waals surface area contributed by atoms with E-state index >= 15 is 0 Å². The van der Waals surface area contributed by atoms with Gasteiger partial charge in [0.25, 0.3) is 0 Å². The van der Waals surface area contributed by atoms with Gasteiger partial charge in [0.1, 0.15) is 11.6 Å². The average molecular weight is 355 g/mol. The van der Waals surface area contributed by atoms with Crippen molar-refractivity contribution in [1.82, 2.24) is 15.0 Å². The number of pyridine rings is 1. The first kappa shape index (κ1) is 17.0. The fraction of sp³-hybridized carbons (Fsp3) is 0.136. The van der Waals surface area contributed by atoms with Crippen LogP contribution in [0.2, 0.25) is 0 Å². The van der Waals surface area contributed by atoms with E-state index in [2.05, 4.69) is 46.6 Å². The van der Waals surface area contributed by atoms with E-state index in [9.17, 15) is 0 Å². The molecule has 2 N–H and O–H groups in total. The summed E-state index contributed by atoms with van der Waals surface area (Å²) in [6.45, 7) is 4.18. The molecule has 0 aliphatic carbocycles. The summed E-state index contributed by atoms with van der Waals surface area (Å²) < 4.78 is 0. The SMILES string of the molecule is CC(C)Nc1cc(Nc2cccc3cccnc23)nc(-c2ccccc2)n1. The standard InChI is InChI=1S/C22H21N5/c1-15(2)24-19-14-20(27-22(26-19)17-8-4-3-5-9-17)25-18-12-6-10-16-11-7-13-23-21(16)18/h3-15H,1-2H3,(H2,24,25,26,27). The minimum absolute atomic E-state index is 0.274. The third kappa shape index (κ3) is 3.87. The molecular weight excluding hydrogens is 334 g/mol. The second-order valence-corrected chi connectivity index (χ2v) is 6.63. The van der Waals surface area contributed by atoms with Crippen molar-refractivity contribution < 1.29 is 0 Å². The molecule has 0 spiro atoms. The summed E-state index contributed by atoms with van der Waals surface area (Å²) in [5.41, 5.74) is 2.81. The Labute approximate surface area is 158 Å². The van der Waals surface area contributed by atoms with E-state index in [1.165, 1.54) is 0 Å². The molecule has 0 saturated heterocycles. The molecule has 0 radical (unpaired) electrons. The average Bonchev–Trinajstić information content (AvgIpc) is 2.68. The Morgan fingerprint density at radius 1 is 0.815 bits per heavy atom. The maximum atomic E-state index is 4.72. The Hall–Kier alpha value is -3.47. The molecule has 5 heteroatoms. The first-order valence-electron chi connectivity index (χ1n) is 9.01. The van der Waals surface area contributed by atoms with E-state index < -0.39 is 0 Å². The number of nitrogens with one attached hydrogen (secondary N) is 2. The van der Waals surface area contributed by atoms with E-state index in [0.717, 1.165) is 33.8 Å². The Kier molecular flexibility index (Phi) is 4.66. The van der Waals surface area contributed by atoms with Crippen LogP contribution < -0.4 is 10.6 Å². The number of benzene rings is 2. The summed E-state index contributed by atoms with van der Waals surface area (Å²) >= 11 is 0. The summed E-state index contributed by atoms with van der Waals surface area (Å²) in [5.74, 6) is 2.19. The van der Waals surface area contributed by atoms with Crippen LogP contribution in [0.3, 0.4) is 0 Å². The summed E-state index contributed by atoms with van der Waals surface area (Å²) in [6, 6.07) is 22.2. The molecule has 134 valence electrons. The molecule has 2 aromatic carbocycles. The summed E-state index contributed by atoms with van der Waals surface area (Å²) in [4.78, 5) is 13.9. The van der Waals surface area contributed by atoms with Gasteiger partial charge in [-0.1, -0.05) is 48.5 Å². The minimum atomic E-state index is 0.274. The number of para-hydroxylation sites is 1. The van der Waals surface area contributed by atoms with Gasteiger partial charge in [-0.15, -0.1) is 0 Å². The van der Waals surface area contributed by atoms with Gasteiger partial charge in [0.2, 0.25) is 0 Å². The fourth-order valence-electron chi connectivity index (χ4n) is 2.94. The van der Waals surface area contributed by atoms with Crippen LogP contribution in [0.15, 0.2) is 72.9 Å². The van der Waals surface area contributed by atoms with E-state index in [4.69, 9.17) is 4.98 Å². The van der Waals surface area contributed by atoms with Crippen molar-refractivity contribution in [1.29, 1.82) is 0 Å². The third-order valence-electron chi connectivity index (χ3n) is 4.09. The number of anilines is 3. The van der Waals surface area contributed by atoms with Crippen molar-refractivity contribution in [2.45, 2.75) is 19.9 Å². The maximum Gasteiger partial charge on any atom is 0.163 e. The van der Waals surface area contributed by atoms with Gasteiger partial charge >= 0.3 is 0 Å². The Bertz CT molecular complexity index is 1060. The first-order valence-corrected chi connectivity index (χ1v) is 9.01. The lowest BCUT2D eigenvalue weighted by molar-refractivity contribution is 0.887. The highest BCUT2D eigenvalue weighted by atomic mass is 15.1. The van der Waals surface area contributed by atoms with Crippen molar-refractivity contribution in [3.63, 3.8) is 0 Å². The van der Waals surface area contributed by atoms with Gasteiger partial charge in [-0.05, 0) is 26.0 Å². The largest absolute Gasteiger partial charge is 0.368 e. The number of fused-ring (bicyclic) bond motifs is 1. The molecule has 0 fully saturated rings. The second-order valence-electron chi connectivity index (χ2n) is 6.63. The van der Waals surface area contributed by atoms with Crippen LogP contribution in [0, 0.1) is 0 Å². The number of hydrogen-bond donors (Lipinski definition) is 2. The van der Waals surface area contributed by atoms with E-state index in [-0.39, 0.29) is 6.04 Å². The Morgan fingerprint density at radius 3 is 2.41 bits per heavy atom. The van der Waals surface area contributed by atoms with Crippen molar-refractivity contribution in [2.75, 3.05) is 10.6 Å². The van der Waals surface area contributed by atoms with Crippen LogP contribution in [0.4, 0.5) is 17.3 Å². The molecule has 0 aliphatic heterocycles. The van der Waals surface area contributed by atoms with Crippen molar-refractivity contribution in [3.05, 3.63) is 72.9 Å². The van der Waals surface area contributed by atoms with Crippen molar-refractivity contribution in [2.24, 2.45) is 0 Å². The van der Waals surface area contributed by atoms with Crippen LogP contribution in [0.1, 0.15) is 13.8 Å². The van der Waals surface area contributed by atoms with Gasteiger partial charge in [0, 0.05) is 29.3 Å². The van der Waals surface area contributed by atoms with Crippen LogP contribution in [0.5, 0.6) is 0 Å². The Balaban J connectivity index is 1.77. The highest BCUT2D eigenvalue weighted by Gasteiger charge is 2.09. The van der Waals surface area contributed by atoms with E-state index in [1.807, 2.05) is 54.6 Å². The highest BCUT2D eigenvalue weighted by Crippen LogP contribution is 2.26. The first-order chi connectivity index (χ1) is 13.2. The molecular formula is C22H21N5. The summed E-state index contributed by atoms with van der Waals surface area (Å²) in [7, 11) is 0. The molecule has 0 unspecified atom stereocenters.